The van der Waals surface area contributed by atoms with Crippen LogP contribution in [-0.2, 0) is 0 Å². The molecule has 0 spiro atoms. The van der Waals surface area contributed by atoms with Crippen LogP contribution in [0.15, 0.2) is 88.1 Å². The van der Waals surface area contributed by atoms with Crippen LogP contribution < -0.4 is 10.2 Å². The van der Waals surface area contributed by atoms with E-state index in [9.17, 15) is 4.79 Å². The summed E-state index contributed by atoms with van der Waals surface area (Å²) < 4.78 is 11.8. The Labute approximate surface area is 151 Å². The van der Waals surface area contributed by atoms with Gasteiger partial charge in [-0.3, -0.25) is 4.79 Å². The van der Waals surface area contributed by atoms with E-state index >= 15 is 0 Å². The van der Waals surface area contributed by atoms with Crippen molar-refractivity contribution in [1.82, 2.24) is 0 Å². The minimum Gasteiger partial charge on any atom is -0.494 e. The lowest BCUT2D eigenvalue weighted by molar-refractivity contribution is 0.340. The van der Waals surface area contributed by atoms with Crippen molar-refractivity contribution in [2.45, 2.75) is 6.92 Å². The van der Waals surface area contributed by atoms with Crippen LogP contribution in [0.5, 0.6) is 5.75 Å². The molecule has 0 amide bonds. The molecule has 0 N–H and O–H groups in total. The molecule has 0 fully saturated rings. The summed E-state index contributed by atoms with van der Waals surface area (Å²) in [5, 5.41) is 0.573. The maximum Gasteiger partial charge on any atom is 0.201 e. The Morgan fingerprint density at radius 1 is 0.846 bits per heavy atom. The first kappa shape index (κ1) is 16.2. The molecular weight excluding hydrogens is 324 g/mol. The van der Waals surface area contributed by atoms with Crippen molar-refractivity contribution in [3.05, 3.63) is 89.1 Å². The first-order valence-electron chi connectivity index (χ1n) is 8.62. The van der Waals surface area contributed by atoms with E-state index < -0.39 is 0 Å². The van der Waals surface area contributed by atoms with Crippen molar-refractivity contribution in [2.24, 2.45) is 0 Å². The fourth-order valence-electron chi connectivity index (χ4n) is 3.11. The Balaban J connectivity index is 2.05. The van der Waals surface area contributed by atoms with Crippen LogP contribution in [0.3, 0.4) is 0 Å². The molecule has 1 heterocycles. The Bertz CT molecular complexity index is 1110. The second-order valence-corrected chi connectivity index (χ2v) is 5.96. The van der Waals surface area contributed by atoms with Gasteiger partial charge in [0.25, 0.3) is 0 Å². The van der Waals surface area contributed by atoms with Gasteiger partial charge in [-0.25, -0.2) is 0 Å². The van der Waals surface area contributed by atoms with Gasteiger partial charge in [-0.1, -0.05) is 54.6 Å². The lowest BCUT2D eigenvalue weighted by Gasteiger charge is -2.12. The van der Waals surface area contributed by atoms with E-state index in [1.807, 2.05) is 79.7 Å². The number of hydrogen-bond acceptors (Lipinski definition) is 3. The maximum absolute atomic E-state index is 13.3. The van der Waals surface area contributed by atoms with E-state index in [0.29, 0.717) is 28.9 Å². The third-order valence-corrected chi connectivity index (χ3v) is 4.27. The molecular formula is C23H18O3. The highest BCUT2D eigenvalue weighted by molar-refractivity contribution is 5.89. The molecule has 3 aromatic carbocycles. The van der Waals surface area contributed by atoms with Gasteiger partial charge in [-0.15, -0.1) is 0 Å². The predicted octanol–water partition coefficient (Wildman–Crippen LogP) is 5.53. The molecule has 0 unspecified atom stereocenters. The molecule has 3 nitrogen and oxygen atoms in total. The van der Waals surface area contributed by atoms with Crippen LogP contribution in [0.25, 0.3) is 33.4 Å². The summed E-state index contributed by atoms with van der Waals surface area (Å²) in [6.07, 6.45) is 0. The third-order valence-electron chi connectivity index (χ3n) is 4.27. The highest BCUT2D eigenvalue weighted by atomic mass is 16.5. The van der Waals surface area contributed by atoms with Gasteiger partial charge in [0.2, 0.25) is 5.43 Å². The van der Waals surface area contributed by atoms with Gasteiger partial charge >= 0.3 is 0 Å². The van der Waals surface area contributed by atoms with Gasteiger partial charge in [0.1, 0.15) is 17.1 Å². The van der Waals surface area contributed by atoms with Gasteiger partial charge in [0, 0.05) is 5.56 Å². The van der Waals surface area contributed by atoms with Crippen molar-refractivity contribution in [1.29, 1.82) is 0 Å². The summed E-state index contributed by atoms with van der Waals surface area (Å²) >= 11 is 0. The fourth-order valence-corrected chi connectivity index (χ4v) is 3.11. The van der Waals surface area contributed by atoms with E-state index in [1.165, 1.54) is 0 Å². The minimum atomic E-state index is -0.0423. The SMILES string of the molecule is CCOc1cccc(-c2c(-c3ccccc3)oc3ccccc3c2=O)c1. The van der Waals surface area contributed by atoms with Gasteiger partial charge < -0.3 is 9.15 Å². The number of hydrogen-bond donors (Lipinski definition) is 0. The lowest BCUT2D eigenvalue weighted by Crippen LogP contribution is -2.07. The van der Waals surface area contributed by atoms with Crippen LogP contribution in [0.1, 0.15) is 6.92 Å². The monoisotopic (exact) mass is 342 g/mol. The van der Waals surface area contributed by atoms with E-state index in [-0.39, 0.29) is 5.43 Å². The van der Waals surface area contributed by atoms with Gasteiger partial charge in [-0.05, 0) is 36.8 Å². The second kappa shape index (κ2) is 6.89. The Morgan fingerprint density at radius 3 is 2.38 bits per heavy atom. The first-order valence-corrected chi connectivity index (χ1v) is 8.62. The standard InChI is InChI=1S/C23H18O3/c1-2-25-18-12-8-11-17(15-18)21-22(24)19-13-6-7-14-20(19)26-23(21)16-9-4-3-5-10-16/h3-15H,2H2,1H3. The summed E-state index contributed by atoms with van der Waals surface area (Å²) in [6.45, 7) is 2.51. The molecule has 0 aliphatic heterocycles. The minimum absolute atomic E-state index is 0.0423. The molecule has 4 rings (SSSR count). The summed E-state index contributed by atoms with van der Waals surface area (Å²) in [5.41, 5.74) is 2.75. The summed E-state index contributed by atoms with van der Waals surface area (Å²) in [4.78, 5) is 13.3. The Hall–Kier alpha value is -3.33. The number of fused-ring (bicyclic) bond motifs is 1. The van der Waals surface area contributed by atoms with E-state index in [0.717, 1.165) is 16.9 Å². The number of rotatable bonds is 4. The predicted molar refractivity (Wildman–Crippen MR) is 105 cm³/mol. The van der Waals surface area contributed by atoms with E-state index in [4.69, 9.17) is 9.15 Å². The number of benzene rings is 3. The largest absolute Gasteiger partial charge is 0.494 e. The quantitative estimate of drug-likeness (QED) is 0.490. The van der Waals surface area contributed by atoms with Crippen molar-refractivity contribution in [3.63, 3.8) is 0 Å². The van der Waals surface area contributed by atoms with Crippen molar-refractivity contribution in [2.75, 3.05) is 6.61 Å². The van der Waals surface area contributed by atoms with Crippen molar-refractivity contribution < 1.29 is 9.15 Å². The zero-order chi connectivity index (χ0) is 17.9. The third kappa shape index (κ3) is 2.88. The number of para-hydroxylation sites is 1. The Kier molecular flexibility index (Phi) is 4.28. The molecule has 0 atom stereocenters. The second-order valence-electron chi connectivity index (χ2n) is 5.96. The molecule has 0 aliphatic carbocycles. The molecule has 1 aromatic heterocycles. The zero-order valence-electron chi connectivity index (χ0n) is 14.4. The summed E-state index contributed by atoms with van der Waals surface area (Å²) in [7, 11) is 0. The van der Waals surface area contributed by atoms with E-state index in [2.05, 4.69) is 0 Å². The zero-order valence-corrected chi connectivity index (χ0v) is 14.4. The Morgan fingerprint density at radius 2 is 1.58 bits per heavy atom. The summed E-state index contributed by atoms with van der Waals surface area (Å²) in [5.74, 6) is 1.31. The molecule has 0 aliphatic rings. The molecule has 0 saturated heterocycles. The van der Waals surface area contributed by atoms with Crippen molar-refractivity contribution >= 4 is 11.0 Å². The lowest BCUT2D eigenvalue weighted by atomic mass is 9.98. The molecule has 0 bridgehead atoms. The van der Waals surface area contributed by atoms with Crippen LogP contribution >= 0.6 is 0 Å². The molecule has 26 heavy (non-hydrogen) atoms. The van der Waals surface area contributed by atoms with Gasteiger partial charge in [0.15, 0.2) is 0 Å². The number of ether oxygens (including phenoxy) is 1. The normalized spacial score (nSPS) is 10.8. The van der Waals surface area contributed by atoms with Gasteiger partial charge in [-0.2, -0.15) is 0 Å². The average Bonchev–Trinajstić information content (AvgIpc) is 2.69. The van der Waals surface area contributed by atoms with E-state index in [1.54, 1.807) is 6.07 Å². The fraction of sp³-hybridized carbons (Fsp3) is 0.0870. The topological polar surface area (TPSA) is 39.4 Å². The maximum atomic E-state index is 13.3. The molecule has 0 radical (unpaired) electrons. The smallest absolute Gasteiger partial charge is 0.201 e. The van der Waals surface area contributed by atoms with Crippen LogP contribution in [0.4, 0.5) is 0 Å². The van der Waals surface area contributed by atoms with Crippen LogP contribution in [-0.4, -0.2) is 6.61 Å². The molecule has 4 aromatic rings. The van der Waals surface area contributed by atoms with Crippen LogP contribution in [0, 0.1) is 0 Å². The molecule has 3 heteroatoms. The summed E-state index contributed by atoms with van der Waals surface area (Å²) in [6, 6.07) is 24.6. The van der Waals surface area contributed by atoms with Crippen molar-refractivity contribution in [3.8, 4) is 28.2 Å². The molecule has 0 saturated carbocycles. The highest BCUT2D eigenvalue weighted by Crippen LogP contribution is 2.33. The molecule has 128 valence electrons. The average molecular weight is 342 g/mol. The highest BCUT2D eigenvalue weighted by Gasteiger charge is 2.18. The first-order chi connectivity index (χ1) is 12.8. The van der Waals surface area contributed by atoms with Gasteiger partial charge in [0.05, 0.1) is 17.6 Å². The van der Waals surface area contributed by atoms with Crippen LogP contribution in [0.2, 0.25) is 0 Å².